The second kappa shape index (κ2) is 30.7. The molecule has 1 unspecified atom stereocenters. The van der Waals surface area contributed by atoms with Gasteiger partial charge >= 0.3 is 0 Å². The maximum Gasteiger partial charge on any atom is 0.0714 e. The van der Waals surface area contributed by atoms with Gasteiger partial charge in [0.05, 0.1) is 27.9 Å². The van der Waals surface area contributed by atoms with Crippen molar-refractivity contribution in [1.82, 2.24) is 0 Å². The van der Waals surface area contributed by atoms with Crippen molar-refractivity contribution in [3.05, 3.63) is 503 Å². The minimum Gasteiger partial charge on any atom is -0.310 e. The summed E-state index contributed by atoms with van der Waals surface area (Å²) < 4.78 is 0. The smallest absolute Gasteiger partial charge is 0.0714 e. The summed E-state index contributed by atoms with van der Waals surface area (Å²) in [6.45, 7) is 24.7. The zero-order chi connectivity index (χ0) is 90.1. The fourth-order valence-electron chi connectivity index (χ4n) is 24.6. The van der Waals surface area contributed by atoms with E-state index in [0.717, 1.165) is 59.8 Å². The first kappa shape index (κ1) is 81.5. The third kappa shape index (κ3) is 12.7. The minimum absolute atomic E-state index is 0.0177. The molecule has 5 aliphatic rings. The maximum absolute atomic E-state index is 2.69. The van der Waals surface area contributed by atoms with Crippen molar-refractivity contribution in [3.8, 4) is 89.0 Å². The van der Waals surface area contributed by atoms with Gasteiger partial charge in [-0.3, -0.25) is 0 Å². The third-order valence-electron chi connectivity index (χ3n) is 31.7. The molecule has 0 amide bonds. The first-order valence-corrected chi connectivity index (χ1v) is 47.9. The van der Waals surface area contributed by atoms with Crippen molar-refractivity contribution < 1.29 is 0 Å². The molecule has 2 nitrogen and oxygen atoms in total. The van der Waals surface area contributed by atoms with Gasteiger partial charge in [0.2, 0.25) is 0 Å². The molecule has 0 N–H and O–H groups in total. The van der Waals surface area contributed by atoms with Crippen molar-refractivity contribution in [1.29, 1.82) is 0 Å². The highest BCUT2D eigenvalue weighted by Crippen LogP contribution is 2.65. The second-order valence-electron chi connectivity index (χ2n) is 41.4. The van der Waals surface area contributed by atoms with Gasteiger partial charge in [-0.15, -0.1) is 0 Å². The van der Waals surface area contributed by atoms with E-state index in [4.69, 9.17) is 0 Å². The molecule has 133 heavy (non-hydrogen) atoms. The molecule has 642 valence electrons. The number of hydrogen-bond acceptors (Lipinski definition) is 2. The van der Waals surface area contributed by atoms with E-state index in [0.29, 0.717) is 0 Å². The van der Waals surface area contributed by atoms with E-state index in [2.05, 4.69) is 504 Å². The fourth-order valence-corrected chi connectivity index (χ4v) is 24.6. The van der Waals surface area contributed by atoms with E-state index in [1.54, 1.807) is 0 Å². The Labute approximate surface area is 784 Å². The molecule has 0 saturated heterocycles. The minimum atomic E-state index is -0.718. The van der Waals surface area contributed by atoms with Crippen molar-refractivity contribution in [2.45, 2.75) is 133 Å². The van der Waals surface area contributed by atoms with Crippen LogP contribution in [0.1, 0.15) is 173 Å². The van der Waals surface area contributed by atoms with Gasteiger partial charge < -0.3 is 9.80 Å². The average molecular weight is 1710 g/mol. The monoisotopic (exact) mass is 1710 g/mol. The highest BCUT2D eigenvalue weighted by Gasteiger charge is 2.53. The molecule has 24 rings (SSSR count). The summed E-state index contributed by atoms with van der Waals surface area (Å²) in [6.07, 6.45) is 4.52. The molecule has 1 atom stereocenters. The SMILES string of the molecule is CC1(C)CCC(C)(C)c2cc3c(cc21)-c1c(-c2ccc4ccc(N(c5ccccc5)c5cccc6c5-c5ccc(-c7cccc(C8(c9ccccc9)c9cc%10c(cc9-c9c(-c%11ccc%12c(N(c%13ccc(-c%14ccccc%14)cc%13)c%13ccccc%13-c%13ccccc%13)cccc%12c%11)cccc98)C(C)(C)CCC%10(C)C)c7)cc5C6(C)C)cc4c2)cccc1C3(c1ccccc1)c1ccccc1. The average Bonchev–Trinajstić information content (AvgIpc) is 1.57. The Hall–Kier alpha value is -14.7. The molecule has 19 aromatic carbocycles. The Morgan fingerprint density at radius 2 is 0.579 bits per heavy atom. The van der Waals surface area contributed by atoms with Gasteiger partial charge in [0.25, 0.3) is 0 Å². The van der Waals surface area contributed by atoms with Crippen molar-refractivity contribution >= 4 is 55.7 Å². The Morgan fingerprint density at radius 1 is 0.180 bits per heavy atom. The van der Waals surface area contributed by atoms with Gasteiger partial charge in [-0.1, -0.05) is 403 Å². The number of hydrogen-bond donors (Lipinski definition) is 0. The molecule has 0 heterocycles. The molecule has 0 bridgehead atoms. The standard InChI is InChI=1S/C131H108N2/c1-125(2)72-74-127(5,6)117-83-113-107(81-115(117)125)122-104(52-33-55-110(122)130(113,95-42-21-13-22-43-95)96-44-23-14-24-45-96)92-61-60-87-64-69-101(79-94(87)77-92)132(99-49-27-16-28-50-99)121-59-35-54-109-124(121)106-71-65-90(80-112(106)129(109,9)10)89-40-31-48-98(78-89)131(97-46-25-15-26-47-97)111-56-34-53-105(123(111)108-82-116-118(84-114(108)131)128(7,8)75-73-126(116,3)4)93-66-70-103-91(76-93)41-32-58-120(103)133(100-67-62-86(63-68-100)85-36-17-11-18-37-85)119-57-30-29-51-102(119)88-38-19-12-20-39-88/h11-71,76-84H,72-75H2,1-10H3. The summed E-state index contributed by atoms with van der Waals surface area (Å²) in [7, 11) is 0. The number of para-hydroxylation sites is 2. The highest BCUT2D eigenvalue weighted by molar-refractivity contribution is 6.06. The predicted molar refractivity (Wildman–Crippen MR) is 561 cm³/mol. The molecule has 0 aromatic heterocycles. The quantitative estimate of drug-likeness (QED) is 0.101. The van der Waals surface area contributed by atoms with E-state index in [-0.39, 0.29) is 27.1 Å². The van der Waals surface area contributed by atoms with Gasteiger partial charge in [-0.2, -0.15) is 0 Å². The number of fused-ring (bicyclic) bond motifs is 13. The molecule has 0 radical (unpaired) electrons. The van der Waals surface area contributed by atoms with Gasteiger partial charge in [0.1, 0.15) is 0 Å². The number of anilines is 6. The second-order valence-corrected chi connectivity index (χ2v) is 41.4. The molecule has 0 aliphatic heterocycles. The molecule has 0 spiro atoms. The zero-order valence-corrected chi connectivity index (χ0v) is 77.6. The summed E-state index contributed by atoms with van der Waals surface area (Å²) >= 11 is 0. The largest absolute Gasteiger partial charge is 0.310 e. The Kier molecular flexibility index (Phi) is 18.8. The molecular weight excluding hydrogens is 1600 g/mol. The lowest BCUT2D eigenvalue weighted by atomic mass is 9.61. The predicted octanol–water partition coefficient (Wildman–Crippen LogP) is 35.0. The summed E-state index contributed by atoms with van der Waals surface area (Å²) in [6, 6.07) is 163. The highest BCUT2D eigenvalue weighted by atomic mass is 15.2. The normalized spacial score (nSPS) is 16.6. The lowest BCUT2D eigenvalue weighted by Crippen LogP contribution is -2.35. The van der Waals surface area contributed by atoms with Crippen LogP contribution in [-0.4, -0.2) is 0 Å². The summed E-state index contributed by atoms with van der Waals surface area (Å²) in [5.74, 6) is 0. The molecule has 0 fully saturated rings. The first-order valence-electron chi connectivity index (χ1n) is 47.9. The summed E-state index contributed by atoms with van der Waals surface area (Å²) in [4.78, 5) is 5.00. The lowest BCUT2D eigenvalue weighted by Gasteiger charge is -2.43. The summed E-state index contributed by atoms with van der Waals surface area (Å²) in [5.41, 5.74) is 43.8. The topological polar surface area (TPSA) is 6.48 Å². The fraction of sp³-hybridized carbons (Fsp3) is 0.160. The molecule has 5 aliphatic carbocycles. The number of nitrogens with zero attached hydrogens (tertiary/aromatic N) is 2. The van der Waals surface area contributed by atoms with E-state index in [9.17, 15) is 0 Å². The van der Waals surface area contributed by atoms with Crippen molar-refractivity contribution in [2.24, 2.45) is 0 Å². The Bertz CT molecular complexity index is 7830. The molecule has 2 heteroatoms. The summed E-state index contributed by atoms with van der Waals surface area (Å²) in [5, 5.41) is 4.74. The molecular formula is C131H108N2. The van der Waals surface area contributed by atoms with Crippen LogP contribution in [0.3, 0.4) is 0 Å². The van der Waals surface area contributed by atoms with Crippen LogP contribution in [0.25, 0.3) is 111 Å². The number of rotatable bonds is 15. The van der Waals surface area contributed by atoms with Gasteiger partial charge in [0.15, 0.2) is 0 Å². The lowest BCUT2D eigenvalue weighted by molar-refractivity contribution is 0.331. The van der Waals surface area contributed by atoms with Crippen LogP contribution in [0.15, 0.2) is 425 Å². The first-order chi connectivity index (χ1) is 64.7. The van der Waals surface area contributed by atoms with Crippen molar-refractivity contribution in [2.75, 3.05) is 9.80 Å². The van der Waals surface area contributed by atoms with Crippen LogP contribution in [0, 0.1) is 0 Å². The van der Waals surface area contributed by atoms with E-state index in [1.807, 2.05) is 0 Å². The van der Waals surface area contributed by atoms with Crippen LogP contribution in [0.5, 0.6) is 0 Å². The molecule has 19 aromatic rings. The Balaban J connectivity index is 0.631. The third-order valence-corrected chi connectivity index (χ3v) is 31.7. The molecule has 0 saturated carbocycles. The van der Waals surface area contributed by atoms with Gasteiger partial charge in [0, 0.05) is 39.0 Å². The van der Waals surface area contributed by atoms with Crippen LogP contribution in [0.4, 0.5) is 34.1 Å². The van der Waals surface area contributed by atoms with Crippen molar-refractivity contribution in [3.63, 3.8) is 0 Å². The van der Waals surface area contributed by atoms with E-state index < -0.39 is 10.8 Å². The van der Waals surface area contributed by atoms with Crippen LogP contribution in [0.2, 0.25) is 0 Å². The number of benzene rings is 19. The van der Waals surface area contributed by atoms with Crippen LogP contribution in [-0.2, 0) is 37.9 Å². The zero-order valence-electron chi connectivity index (χ0n) is 77.6. The van der Waals surface area contributed by atoms with E-state index >= 15 is 0 Å². The van der Waals surface area contributed by atoms with Crippen LogP contribution >= 0.6 is 0 Å². The van der Waals surface area contributed by atoms with Crippen LogP contribution < -0.4 is 9.80 Å². The van der Waals surface area contributed by atoms with Gasteiger partial charge in [-0.05, 0) is 310 Å². The van der Waals surface area contributed by atoms with Gasteiger partial charge in [-0.25, -0.2) is 0 Å². The van der Waals surface area contributed by atoms with E-state index in [1.165, 1.54) is 188 Å². The maximum atomic E-state index is 2.69. The Morgan fingerprint density at radius 3 is 1.17 bits per heavy atom.